The number of hydrogen-bond donors (Lipinski definition) is 1. The van der Waals surface area contributed by atoms with Gasteiger partial charge in [-0.05, 0) is 42.2 Å². The number of anilines is 1. The Balaban J connectivity index is 1.55. The summed E-state index contributed by atoms with van der Waals surface area (Å²) in [4.78, 5) is 0. The molecule has 0 aliphatic rings. The van der Waals surface area contributed by atoms with Crippen LogP contribution in [0, 0.1) is 6.92 Å². The highest BCUT2D eigenvalue weighted by Gasteiger charge is 2.13. The van der Waals surface area contributed by atoms with Crippen LogP contribution < -0.4 is 10.1 Å². The summed E-state index contributed by atoms with van der Waals surface area (Å²) in [6.45, 7) is 9.70. The lowest BCUT2D eigenvalue weighted by atomic mass is 9.87. The maximum Gasteiger partial charge on any atom is 0.178 e. The maximum atomic E-state index is 5.84. The fourth-order valence-corrected chi connectivity index (χ4v) is 2.39. The fraction of sp³-hybridized carbons (Fsp3) is 0.389. The molecule has 6 nitrogen and oxygen atoms in total. The Bertz CT molecular complexity index is 835. The second kappa shape index (κ2) is 6.47. The van der Waals surface area contributed by atoms with Crippen LogP contribution in [0.3, 0.4) is 0 Å². The molecule has 0 fully saturated rings. The van der Waals surface area contributed by atoms with Gasteiger partial charge in [0, 0.05) is 0 Å². The lowest BCUT2D eigenvalue weighted by Crippen LogP contribution is -2.14. The Morgan fingerprint density at radius 3 is 2.75 bits per heavy atom. The van der Waals surface area contributed by atoms with E-state index in [1.165, 1.54) is 5.56 Å². The van der Waals surface area contributed by atoms with E-state index in [1.54, 1.807) is 4.52 Å². The molecule has 0 unspecified atom stereocenters. The topological polar surface area (TPSA) is 64.3 Å². The third-order valence-corrected chi connectivity index (χ3v) is 3.80. The second-order valence-electron chi connectivity index (χ2n) is 6.79. The largest absolute Gasteiger partial charge is 0.492 e. The monoisotopic (exact) mass is 325 g/mol. The van der Waals surface area contributed by atoms with Crippen molar-refractivity contribution in [1.82, 2.24) is 19.8 Å². The number of nitrogens with one attached hydrogen (secondary N) is 1. The molecular formula is C18H23N5O. The van der Waals surface area contributed by atoms with Gasteiger partial charge in [-0.15, -0.1) is 15.3 Å². The van der Waals surface area contributed by atoms with Gasteiger partial charge in [-0.3, -0.25) is 0 Å². The Hall–Kier alpha value is -2.63. The van der Waals surface area contributed by atoms with E-state index in [9.17, 15) is 0 Å². The Labute approximate surface area is 141 Å². The molecule has 0 aliphatic carbocycles. The lowest BCUT2D eigenvalue weighted by Gasteiger charge is -2.19. The number of rotatable bonds is 5. The van der Waals surface area contributed by atoms with Crippen LogP contribution in [-0.2, 0) is 5.41 Å². The summed E-state index contributed by atoms with van der Waals surface area (Å²) >= 11 is 0. The first-order valence-corrected chi connectivity index (χ1v) is 8.10. The summed E-state index contributed by atoms with van der Waals surface area (Å²) in [6, 6.07) is 12.0. The first kappa shape index (κ1) is 16.2. The Morgan fingerprint density at radius 2 is 1.96 bits per heavy atom. The average Bonchev–Trinajstić information content (AvgIpc) is 2.92. The molecule has 2 aromatic heterocycles. The number of fused-ring (bicyclic) bond motifs is 1. The van der Waals surface area contributed by atoms with Crippen LogP contribution in [0.2, 0.25) is 0 Å². The van der Waals surface area contributed by atoms with E-state index in [-0.39, 0.29) is 5.41 Å². The normalized spacial score (nSPS) is 11.7. The predicted molar refractivity (Wildman–Crippen MR) is 94.6 cm³/mol. The van der Waals surface area contributed by atoms with E-state index >= 15 is 0 Å². The van der Waals surface area contributed by atoms with Crippen LogP contribution in [0.25, 0.3) is 5.65 Å². The molecule has 0 atom stereocenters. The smallest absolute Gasteiger partial charge is 0.178 e. The van der Waals surface area contributed by atoms with Crippen LogP contribution in [0.1, 0.15) is 32.2 Å². The number of benzene rings is 1. The number of aryl methyl sites for hydroxylation is 1. The van der Waals surface area contributed by atoms with Gasteiger partial charge in [-0.25, -0.2) is 0 Å². The minimum Gasteiger partial charge on any atom is -0.492 e. The van der Waals surface area contributed by atoms with E-state index < -0.39 is 0 Å². The molecule has 0 saturated heterocycles. The molecule has 0 spiro atoms. The van der Waals surface area contributed by atoms with Crippen molar-refractivity contribution in [1.29, 1.82) is 0 Å². The predicted octanol–water partition coefficient (Wildman–Crippen LogP) is 3.22. The zero-order chi connectivity index (χ0) is 17.2. The lowest BCUT2D eigenvalue weighted by molar-refractivity contribution is 0.331. The second-order valence-corrected chi connectivity index (χ2v) is 6.79. The van der Waals surface area contributed by atoms with Gasteiger partial charge in [-0.1, -0.05) is 32.9 Å². The molecule has 1 N–H and O–H groups in total. The molecule has 1 aromatic carbocycles. The van der Waals surface area contributed by atoms with E-state index in [1.807, 2.05) is 31.2 Å². The van der Waals surface area contributed by atoms with Gasteiger partial charge in [0.1, 0.15) is 18.2 Å². The quantitative estimate of drug-likeness (QED) is 0.730. The van der Waals surface area contributed by atoms with E-state index in [2.05, 4.69) is 53.5 Å². The Kier molecular flexibility index (Phi) is 4.38. The standard InChI is InChI=1S/C18H23N5O/c1-13-20-21-17-9-8-16(22-23(13)17)19-10-11-24-15-7-5-6-14(12-15)18(2,3)4/h5-9,12H,10-11H2,1-4H3,(H,19,22). The average molecular weight is 325 g/mol. The van der Waals surface area contributed by atoms with Gasteiger partial charge in [-0.2, -0.15) is 4.52 Å². The summed E-state index contributed by atoms with van der Waals surface area (Å²) in [5.41, 5.74) is 2.13. The van der Waals surface area contributed by atoms with Crippen molar-refractivity contribution in [3.63, 3.8) is 0 Å². The van der Waals surface area contributed by atoms with Gasteiger partial charge >= 0.3 is 0 Å². The molecule has 0 amide bonds. The van der Waals surface area contributed by atoms with Crippen molar-refractivity contribution in [2.75, 3.05) is 18.5 Å². The van der Waals surface area contributed by atoms with Crippen molar-refractivity contribution in [2.24, 2.45) is 0 Å². The van der Waals surface area contributed by atoms with Crippen molar-refractivity contribution in [2.45, 2.75) is 33.1 Å². The first-order valence-electron chi connectivity index (χ1n) is 8.10. The fourth-order valence-electron chi connectivity index (χ4n) is 2.39. The van der Waals surface area contributed by atoms with E-state index in [0.717, 1.165) is 23.0 Å². The molecule has 0 radical (unpaired) electrons. The summed E-state index contributed by atoms with van der Waals surface area (Å²) in [7, 11) is 0. The molecule has 6 heteroatoms. The van der Waals surface area contributed by atoms with Gasteiger partial charge in [0.2, 0.25) is 0 Å². The number of hydrogen-bond acceptors (Lipinski definition) is 5. The van der Waals surface area contributed by atoms with Gasteiger partial charge in [0.15, 0.2) is 11.5 Å². The van der Waals surface area contributed by atoms with Crippen molar-refractivity contribution in [3.05, 3.63) is 47.8 Å². The third kappa shape index (κ3) is 3.64. The van der Waals surface area contributed by atoms with Crippen LogP contribution in [0.15, 0.2) is 36.4 Å². The molecule has 0 aliphatic heterocycles. The van der Waals surface area contributed by atoms with Crippen molar-refractivity contribution >= 4 is 11.5 Å². The van der Waals surface area contributed by atoms with Gasteiger partial charge < -0.3 is 10.1 Å². The van der Waals surface area contributed by atoms with Crippen LogP contribution in [0.5, 0.6) is 5.75 Å². The Morgan fingerprint density at radius 1 is 1.12 bits per heavy atom. The summed E-state index contributed by atoms with van der Waals surface area (Å²) < 4.78 is 7.56. The van der Waals surface area contributed by atoms with Crippen LogP contribution >= 0.6 is 0 Å². The van der Waals surface area contributed by atoms with Gasteiger partial charge in [0.05, 0.1) is 6.54 Å². The maximum absolute atomic E-state index is 5.84. The highest BCUT2D eigenvalue weighted by Crippen LogP contribution is 2.25. The zero-order valence-corrected chi connectivity index (χ0v) is 14.6. The first-order chi connectivity index (χ1) is 11.4. The van der Waals surface area contributed by atoms with E-state index in [4.69, 9.17) is 4.74 Å². The summed E-state index contributed by atoms with van der Waals surface area (Å²) in [6.07, 6.45) is 0. The van der Waals surface area contributed by atoms with Crippen molar-refractivity contribution < 1.29 is 4.74 Å². The molecule has 3 aromatic rings. The van der Waals surface area contributed by atoms with E-state index in [0.29, 0.717) is 13.2 Å². The van der Waals surface area contributed by atoms with Crippen molar-refractivity contribution in [3.8, 4) is 5.75 Å². The SMILES string of the molecule is Cc1nnc2ccc(NCCOc3cccc(C(C)(C)C)c3)nn12. The van der Waals surface area contributed by atoms with Crippen LogP contribution in [0.4, 0.5) is 5.82 Å². The summed E-state index contributed by atoms with van der Waals surface area (Å²) in [5, 5.41) is 15.7. The molecule has 24 heavy (non-hydrogen) atoms. The molecule has 2 heterocycles. The number of nitrogens with zero attached hydrogens (tertiary/aromatic N) is 4. The number of aromatic nitrogens is 4. The zero-order valence-electron chi connectivity index (χ0n) is 14.6. The molecule has 0 bridgehead atoms. The minimum atomic E-state index is 0.119. The highest BCUT2D eigenvalue weighted by atomic mass is 16.5. The van der Waals surface area contributed by atoms with Gasteiger partial charge in [0.25, 0.3) is 0 Å². The molecule has 126 valence electrons. The van der Waals surface area contributed by atoms with Crippen LogP contribution in [-0.4, -0.2) is 33.0 Å². The minimum absolute atomic E-state index is 0.119. The molecule has 3 rings (SSSR count). The third-order valence-electron chi connectivity index (χ3n) is 3.80. The number of ether oxygens (including phenoxy) is 1. The highest BCUT2D eigenvalue weighted by molar-refractivity contribution is 5.43. The molecule has 0 saturated carbocycles. The molecular weight excluding hydrogens is 302 g/mol. The summed E-state index contributed by atoms with van der Waals surface area (Å²) in [5.74, 6) is 2.43.